The number of rotatable bonds is 5. The number of halogens is 2. The van der Waals surface area contributed by atoms with Crippen LogP contribution in [0.4, 0.5) is 5.69 Å². The number of furan rings is 1. The Hall–Kier alpha value is -2.24. The van der Waals surface area contributed by atoms with Gasteiger partial charge in [-0.2, -0.15) is 0 Å². The molecule has 1 aromatic carbocycles. The molecule has 23 heavy (non-hydrogen) atoms. The highest BCUT2D eigenvalue weighted by Crippen LogP contribution is 2.29. The van der Waals surface area contributed by atoms with Crippen LogP contribution in [0.5, 0.6) is 0 Å². The molecule has 0 aliphatic rings. The molecule has 0 bridgehead atoms. The molecule has 0 aliphatic carbocycles. The van der Waals surface area contributed by atoms with Crippen molar-refractivity contribution >= 4 is 46.8 Å². The predicted molar refractivity (Wildman–Crippen MR) is 90.5 cm³/mol. The zero-order valence-corrected chi connectivity index (χ0v) is 13.8. The Labute approximate surface area is 143 Å². The number of hydrogen-bond donors (Lipinski definition) is 1. The highest BCUT2D eigenvalue weighted by molar-refractivity contribution is 6.39. The van der Waals surface area contributed by atoms with E-state index in [1.54, 1.807) is 30.3 Å². The van der Waals surface area contributed by atoms with Gasteiger partial charge in [0.15, 0.2) is 0 Å². The first kappa shape index (κ1) is 17.1. The molecule has 1 N–H and O–H groups in total. The van der Waals surface area contributed by atoms with Crippen LogP contribution < -0.4 is 5.32 Å². The van der Waals surface area contributed by atoms with E-state index in [9.17, 15) is 9.59 Å². The topological polar surface area (TPSA) is 62.6 Å². The zero-order valence-electron chi connectivity index (χ0n) is 12.3. The van der Waals surface area contributed by atoms with Crippen LogP contribution in [0.3, 0.4) is 0 Å². The van der Waals surface area contributed by atoms with Crippen LogP contribution in [-0.2, 0) is 9.59 Å². The van der Waals surface area contributed by atoms with Crippen LogP contribution in [-0.4, -0.2) is 30.3 Å². The number of amides is 2. The molecular formula is C16H14Cl2N2O3. The van der Waals surface area contributed by atoms with E-state index < -0.39 is 5.91 Å². The Bertz CT molecular complexity index is 707. The third-order valence-corrected chi connectivity index (χ3v) is 3.55. The van der Waals surface area contributed by atoms with Gasteiger partial charge >= 0.3 is 0 Å². The summed E-state index contributed by atoms with van der Waals surface area (Å²) in [6.07, 6.45) is 4.37. The summed E-state index contributed by atoms with van der Waals surface area (Å²) in [5, 5.41) is 3.26. The molecule has 0 radical (unpaired) electrons. The Kier molecular flexibility index (Phi) is 5.84. The summed E-state index contributed by atoms with van der Waals surface area (Å²) < 4.78 is 5.08. The van der Waals surface area contributed by atoms with E-state index in [2.05, 4.69) is 5.32 Å². The van der Waals surface area contributed by atoms with Crippen LogP contribution in [0.2, 0.25) is 10.0 Å². The van der Waals surface area contributed by atoms with Crippen molar-refractivity contribution in [1.29, 1.82) is 0 Å². The average Bonchev–Trinajstić information content (AvgIpc) is 3.02. The smallest absolute Gasteiger partial charge is 0.246 e. The molecule has 0 spiro atoms. The van der Waals surface area contributed by atoms with Gasteiger partial charge in [-0.15, -0.1) is 0 Å². The summed E-state index contributed by atoms with van der Waals surface area (Å²) in [7, 11) is 1.52. The number of anilines is 1. The van der Waals surface area contributed by atoms with Crippen LogP contribution in [0.1, 0.15) is 5.76 Å². The van der Waals surface area contributed by atoms with Gasteiger partial charge in [-0.05, 0) is 30.3 Å². The van der Waals surface area contributed by atoms with Crippen molar-refractivity contribution in [2.75, 3.05) is 18.9 Å². The first-order valence-electron chi connectivity index (χ1n) is 6.68. The zero-order chi connectivity index (χ0) is 16.8. The molecule has 0 fully saturated rings. The second kappa shape index (κ2) is 7.85. The number of carbonyl (C=O) groups excluding carboxylic acids is 2. The van der Waals surface area contributed by atoms with E-state index in [0.717, 1.165) is 0 Å². The Morgan fingerprint density at radius 3 is 2.52 bits per heavy atom. The average molecular weight is 353 g/mol. The lowest BCUT2D eigenvalue weighted by Gasteiger charge is -2.15. The van der Waals surface area contributed by atoms with Gasteiger partial charge in [-0.3, -0.25) is 9.59 Å². The van der Waals surface area contributed by atoms with E-state index in [-0.39, 0.29) is 12.5 Å². The summed E-state index contributed by atoms with van der Waals surface area (Å²) in [6.45, 7) is -0.136. The number of likely N-dealkylation sites (N-methyl/N-ethyl adjacent to an activating group) is 1. The minimum atomic E-state index is -0.401. The van der Waals surface area contributed by atoms with E-state index >= 15 is 0 Å². The third kappa shape index (κ3) is 4.87. The Balaban J connectivity index is 1.93. The van der Waals surface area contributed by atoms with Gasteiger partial charge in [0, 0.05) is 13.1 Å². The molecule has 120 valence electrons. The molecule has 0 saturated heterocycles. The number of hydrogen-bond acceptors (Lipinski definition) is 3. The van der Waals surface area contributed by atoms with E-state index in [1.165, 1.54) is 30.4 Å². The van der Waals surface area contributed by atoms with Gasteiger partial charge in [0.25, 0.3) is 0 Å². The molecular weight excluding hydrogens is 339 g/mol. The van der Waals surface area contributed by atoms with Crippen molar-refractivity contribution in [3.63, 3.8) is 0 Å². The second-order valence-electron chi connectivity index (χ2n) is 4.69. The van der Waals surface area contributed by atoms with Crippen LogP contribution in [0.25, 0.3) is 6.08 Å². The molecule has 0 atom stereocenters. The van der Waals surface area contributed by atoms with Crippen molar-refractivity contribution in [1.82, 2.24) is 4.90 Å². The maximum Gasteiger partial charge on any atom is 0.246 e. The van der Waals surface area contributed by atoms with E-state index in [1.807, 2.05) is 0 Å². The van der Waals surface area contributed by atoms with E-state index in [4.69, 9.17) is 27.6 Å². The van der Waals surface area contributed by atoms with Crippen molar-refractivity contribution in [3.8, 4) is 0 Å². The van der Waals surface area contributed by atoms with E-state index in [0.29, 0.717) is 21.5 Å². The molecule has 5 nitrogen and oxygen atoms in total. The van der Waals surface area contributed by atoms with Gasteiger partial charge in [-0.1, -0.05) is 29.3 Å². The molecule has 7 heteroatoms. The summed E-state index contributed by atoms with van der Waals surface area (Å²) >= 11 is 12.0. The summed E-state index contributed by atoms with van der Waals surface area (Å²) in [5.74, 6) is -0.178. The van der Waals surface area contributed by atoms with Crippen LogP contribution in [0, 0.1) is 0 Å². The maximum absolute atomic E-state index is 12.0. The molecule has 2 rings (SSSR count). The number of carbonyl (C=O) groups is 2. The fourth-order valence-corrected chi connectivity index (χ4v) is 2.25. The van der Waals surface area contributed by atoms with Crippen molar-refractivity contribution < 1.29 is 14.0 Å². The highest BCUT2D eigenvalue weighted by atomic mass is 35.5. The van der Waals surface area contributed by atoms with Gasteiger partial charge < -0.3 is 14.6 Å². The standard InChI is InChI=1S/C16H14Cl2N2O3/c1-20(15(22)8-7-11-4-3-9-23-11)10-14(21)19-16-12(17)5-2-6-13(16)18/h2-9H,10H2,1H3,(H,19,21). The lowest BCUT2D eigenvalue weighted by molar-refractivity contribution is -0.129. The first-order valence-corrected chi connectivity index (χ1v) is 7.43. The van der Waals surface area contributed by atoms with Gasteiger partial charge in [0.2, 0.25) is 11.8 Å². The molecule has 0 aliphatic heterocycles. The van der Waals surface area contributed by atoms with Crippen LogP contribution >= 0.6 is 23.2 Å². The predicted octanol–water partition coefficient (Wildman–Crippen LogP) is 3.70. The molecule has 2 aromatic rings. The number of para-hydroxylation sites is 1. The highest BCUT2D eigenvalue weighted by Gasteiger charge is 2.13. The summed E-state index contributed by atoms with van der Waals surface area (Å²) in [6, 6.07) is 8.34. The fourth-order valence-electron chi connectivity index (χ4n) is 1.76. The van der Waals surface area contributed by atoms with Gasteiger partial charge in [0.05, 0.1) is 28.5 Å². The quantitative estimate of drug-likeness (QED) is 0.834. The lowest BCUT2D eigenvalue weighted by Crippen LogP contribution is -2.34. The normalized spacial score (nSPS) is 10.7. The number of benzene rings is 1. The first-order chi connectivity index (χ1) is 11.0. The maximum atomic E-state index is 12.0. The fraction of sp³-hybridized carbons (Fsp3) is 0.125. The summed E-state index contributed by atoms with van der Waals surface area (Å²) in [5.41, 5.74) is 0.327. The number of nitrogens with one attached hydrogen (secondary N) is 1. The van der Waals surface area contributed by atoms with Crippen molar-refractivity contribution in [3.05, 3.63) is 58.5 Å². The Morgan fingerprint density at radius 2 is 1.91 bits per heavy atom. The second-order valence-corrected chi connectivity index (χ2v) is 5.50. The van der Waals surface area contributed by atoms with Gasteiger partial charge in [-0.25, -0.2) is 0 Å². The molecule has 1 aromatic heterocycles. The number of nitrogens with zero attached hydrogens (tertiary/aromatic N) is 1. The molecule has 2 amide bonds. The van der Waals surface area contributed by atoms with Crippen molar-refractivity contribution in [2.24, 2.45) is 0 Å². The minimum Gasteiger partial charge on any atom is -0.465 e. The lowest BCUT2D eigenvalue weighted by atomic mass is 10.3. The van der Waals surface area contributed by atoms with Crippen molar-refractivity contribution in [2.45, 2.75) is 0 Å². The largest absolute Gasteiger partial charge is 0.465 e. The molecule has 0 unspecified atom stereocenters. The monoisotopic (exact) mass is 352 g/mol. The van der Waals surface area contributed by atoms with Gasteiger partial charge in [0.1, 0.15) is 5.76 Å². The molecule has 1 heterocycles. The molecule has 0 saturated carbocycles. The minimum absolute atomic E-state index is 0.136. The third-order valence-electron chi connectivity index (χ3n) is 2.92. The van der Waals surface area contributed by atoms with Crippen LogP contribution in [0.15, 0.2) is 47.1 Å². The Morgan fingerprint density at radius 1 is 1.22 bits per heavy atom. The summed E-state index contributed by atoms with van der Waals surface area (Å²) in [4.78, 5) is 25.2. The SMILES string of the molecule is CN(CC(=O)Nc1c(Cl)cccc1Cl)C(=O)C=Cc1ccco1.